The molecule has 3 atom stereocenters. The summed E-state index contributed by atoms with van der Waals surface area (Å²) in [6.07, 6.45) is 11.1. The van der Waals surface area contributed by atoms with Crippen LogP contribution < -0.4 is 5.73 Å². The Morgan fingerprint density at radius 1 is 0.941 bits per heavy atom. The first kappa shape index (κ1) is 28.7. The number of benzene rings is 2. The van der Waals surface area contributed by atoms with Crippen LogP contribution in [0.5, 0.6) is 0 Å². The summed E-state index contributed by atoms with van der Waals surface area (Å²) in [5, 5.41) is 0. The van der Waals surface area contributed by atoms with E-state index in [2.05, 4.69) is 88.9 Å². The van der Waals surface area contributed by atoms with Crippen molar-refractivity contribution in [2.75, 3.05) is 5.75 Å². The molecular weight excluding hydrogens is 430 g/mol. The fraction of sp³-hybridized carbons (Fsp3) is 0.562. The van der Waals surface area contributed by atoms with Crippen molar-refractivity contribution in [3.63, 3.8) is 0 Å². The van der Waals surface area contributed by atoms with E-state index in [1.54, 1.807) is 0 Å². The highest BCUT2D eigenvalue weighted by molar-refractivity contribution is 7.80. The van der Waals surface area contributed by atoms with E-state index in [4.69, 9.17) is 12.3 Å². The zero-order chi connectivity index (χ0) is 24.9. The Balaban J connectivity index is 0.000000604. The molecule has 1 aliphatic carbocycles. The van der Waals surface area contributed by atoms with Gasteiger partial charge in [-0.1, -0.05) is 114 Å². The van der Waals surface area contributed by atoms with Crippen molar-refractivity contribution in [1.82, 2.24) is 0 Å². The predicted octanol–water partition coefficient (Wildman–Crippen LogP) is 8.76. The van der Waals surface area contributed by atoms with Crippen LogP contribution in [0, 0.1) is 11.8 Å². The summed E-state index contributed by atoms with van der Waals surface area (Å²) in [6, 6.07) is 18.5. The summed E-state index contributed by atoms with van der Waals surface area (Å²) in [5.41, 5.74) is 12.9. The lowest BCUT2D eigenvalue weighted by Gasteiger charge is -2.30. The number of nitrogens with two attached hydrogens (primary N) is 1. The zero-order valence-corrected chi connectivity index (χ0v) is 23.1. The van der Waals surface area contributed by atoms with E-state index in [1.165, 1.54) is 66.4 Å². The summed E-state index contributed by atoms with van der Waals surface area (Å²) in [6.45, 7) is 13.9. The number of hydrogen-bond donors (Lipinski definition) is 2. The lowest BCUT2D eigenvalue weighted by Crippen LogP contribution is -2.19. The van der Waals surface area contributed by atoms with Crippen LogP contribution in [0.1, 0.15) is 101 Å². The van der Waals surface area contributed by atoms with Crippen molar-refractivity contribution < 1.29 is 0 Å². The Kier molecular flexibility index (Phi) is 13.1. The maximum absolute atomic E-state index is 5.40. The Labute approximate surface area is 216 Å². The highest BCUT2D eigenvalue weighted by atomic mass is 32.1. The normalized spacial score (nSPS) is 15.7. The second-order valence-corrected chi connectivity index (χ2v) is 10.6. The molecule has 0 fully saturated rings. The van der Waals surface area contributed by atoms with Gasteiger partial charge in [0.05, 0.1) is 0 Å². The minimum absolute atomic E-state index is 0.299. The Morgan fingerprint density at radius 3 is 1.94 bits per heavy atom. The number of aryl methyl sites for hydroxylation is 2. The van der Waals surface area contributed by atoms with Crippen LogP contribution in [-0.2, 0) is 12.8 Å². The minimum atomic E-state index is 0.299. The summed E-state index contributed by atoms with van der Waals surface area (Å²) in [7, 11) is 0. The molecule has 1 aliphatic rings. The first-order chi connectivity index (χ1) is 16.5. The molecule has 2 N–H and O–H groups in total. The van der Waals surface area contributed by atoms with Gasteiger partial charge in [-0.25, -0.2) is 0 Å². The summed E-state index contributed by atoms with van der Waals surface area (Å²) >= 11 is 3.97. The van der Waals surface area contributed by atoms with Crippen LogP contribution in [0.3, 0.4) is 0 Å². The highest BCUT2D eigenvalue weighted by Crippen LogP contribution is 2.43. The molecule has 0 amide bonds. The van der Waals surface area contributed by atoms with E-state index < -0.39 is 0 Å². The number of rotatable bonds is 11. The van der Waals surface area contributed by atoms with Crippen molar-refractivity contribution >= 4 is 12.6 Å². The molecule has 0 aliphatic heterocycles. The molecule has 0 aromatic heterocycles. The van der Waals surface area contributed by atoms with Gasteiger partial charge in [-0.15, -0.1) is 0 Å². The van der Waals surface area contributed by atoms with Crippen LogP contribution in [0.4, 0.5) is 0 Å². The van der Waals surface area contributed by atoms with E-state index in [0.29, 0.717) is 17.9 Å². The maximum Gasteiger partial charge on any atom is 0.0304 e. The Bertz CT molecular complexity index is 806. The molecule has 0 bridgehead atoms. The number of thiol groups is 1. The number of hydrogen-bond acceptors (Lipinski definition) is 2. The Morgan fingerprint density at radius 2 is 1.50 bits per heavy atom. The van der Waals surface area contributed by atoms with Gasteiger partial charge in [-0.3, -0.25) is 0 Å². The van der Waals surface area contributed by atoms with Crippen LogP contribution >= 0.6 is 12.6 Å². The molecular formula is C32H49NS. The molecule has 2 aromatic rings. The van der Waals surface area contributed by atoms with Gasteiger partial charge < -0.3 is 5.73 Å². The smallest absolute Gasteiger partial charge is 0.0304 e. The van der Waals surface area contributed by atoms with Crippen LogP contribution in [0.2, 0.25) is 0 Å². The largest absolute Gasteiger partial charge is 0.327 e. The molecule has 3 unspecified atom stereocenters. The van der Waals surface area contributed by atoms with Crippen molar-refractivity contribution in [3.8, 4) is 0 Å². The first-order valence-electron chi connectivity index (χ1n) is 13.7. The lowest BCUT2D eigenvalue weighted by molar-refractivity contribution is 0.375. The number of unbranched alkanes of at least 4 members (excludes halogenated alkanes) is 1. The van der Waals surface area contributed by atoms with E-state index in [0.717, 1.165) is 30.9 Å². The van der Waals surface area contributed by atoms with Crippen molar-refractivity contribution in [1.29, 1.82) is 0 Å². The molecule has 0 saturated carbocycles. The highest BCUT2D eigenvalue weighted by Gasteiger charge is 2.29. The average molecular weight is 480 g/mol. The maximum atomic E-state index is 5.40. The molecule has 1 nitrogen and oxygen atoms in total. The molecule has 34 heavy (non-hydrogen) atoms. The van der Waals surface area contributed by atoms with Gasteiger partial charge in [0, 0.05) is 17.7 Å². The average Bonchev–Trinajstić information content (AvgIpc) is 3.03. The third kappa shape index (κ3) is 8.31. The minimum Gasteiger partial charge on any atom is -0.327 e. The van der Waals surface area contributed by atoms with Gasteiger partial charge >= 0.3 is 0 Å². The van der Waals surface area contributed by atoms with Gasteiger partial charge in [0.2, 0.25) is 0 Å². The third-order valence-electron chi connectivity index (χ3n) is 7.42. The number of allylic oxidation sites excluding steroid dienone is 1. The van der Waals surface area contributed by atoms with Crippen LogP contribution in [-0.4, -0.2) is 11.8 Å². The van der Waals surface area contributed by atoms with E-state index >= 15 is 0 Å². The van der Waals surface area contributed by atoms with E-state index in [9.17, 15) is 0 Å². The fourth-order valence-electron chi connectivity index (χ4n) is 5.25. The van der Waals surface area contributed by atoms with Gasteiger partial charge in [-0.2, -0.15) is 12.6 Å². The molecule has 0 heterocycles. The molecule has 0 radical (unpaired) electrons. The molecule has 188 valence electrons. The van der Waals surface area contributed by atoms with Crippen molar-refractivity contribution in [2.45, 2.75) is 97.4 Å². The number of fused-ring (bicyclic) bond motifs is 2. The SMILES string of the molecule is C=C(C(CCC)CC(C)CCCC)C1c2ccccc2CCc2ccccc21.CCC(N)CS. The van der Waals surface area contributed by atoms with Gasteiger partial charge in [0.25, 0.3) is 0 Å². The summed E-state index contributed by atoms with van der Waals surface area (Å²) in [4.78, 5) is 0. The predicted molar refractivity (Wildman–Crippen MR) is 155 cm³/mol. The van der Waals surface area contributed by atoms with Crippen molar-refractivity contribution in [3.05, 3.63) is 82.9 Å². The van der Waals surface area contributed by atoms with Crippen molar-refractivity contribution in [2.24, 2.45) is 17.6 Å². The van der Waals surface area contributed by atoms with E-state index in [-0.39, 0.29) is 0 Å². The summed E-state index contributed by atoms with van der Waals surface area (Å²) < 4.78 is 0. The molecule has 2 aromatic carbocycles. The summed E-state index contributed by atoms with van der Waals surface area (Å²) in [5.74, 6) is 2.55. The zero-order valence-electron chi connectivity index (χ0n) is 22.2. The van der Waals surface area contributed by atoms with Gasteiger partial charge in [0.1, 0.15) is 0 Å². The second-order valence-electron chi connectivity index (χ2n) is 10.2. The molecule has 0 saturated heterocycles. The Hall–Kier alpha value is -1.51. The molecule has 3 rings (SSSR count). The second kappa shape index (κ2) is 15.5. The van der Waals surface area contributed by atoms with Gasteiger partial charge in [-0.05, 0) is 66.2 Å². The first-order valence-corrected chi connectivity index (χ1v) is 14.3. The van der Waals surface area contributed by atoms with Crippen LogP contribution in [0.25, 0.3) is 0 Å². The van der Waals surface area contributed by atoms with Gasteiger partial charge in [0.15, 0.2) is 0 Å². The van der Waals surface area contributed by atoms with Crippen LogP contribution in [0.15, 0.2) is 60.7 Å². The topological polar surface area (TPSA) is 26.0 Å². The quantitative estimate of drug-likeness (QED) is 0.244. The molecule has 0 spiro atoms. The third-order valence-corrected chi connectivity index (χ3v) is 7.89. The lowest BCUT2D eigenvalue weighted by atomic mass is 9.74. The van der Waals surface area contributed by atoms with E-state index in [1.807, 2.05) is 0 Å². The fourth-order valence-corrected chi connectivity index (χ4v) is 5.51. The monoisotopic (exact) mass is 479 g/mol. The standard InChI is InChI=1S/C28H38.C4H11NS/c1-5-7-13-21(3)20-25(12-6-2)22(4)28-26-16-10-8-14-23(26)18-19-24-15-9-11-17-27(24)28;1-2-4(5)3-6/h8-11,14-17,21,25,28H,4-7,12-13,18-20H2,1-3H3;4,6H,2-3,5H2,1H3. The molecule has 2 heteroatoms.